The highest BCUT2D eigenvalue weighted by Gasteiger charge is 2.37. The van der Waals surface area contributed by atoms with Crippen LogP contribution in [-0.4, -0.2) is 27.5 Å². The van der Waals surface area contributed by atoms with E-state index in [4.69, 9.17) is 0 Å². The van der Waals surface area contributed by atoms with Crippen LogP contribution >= 0.6 is 0 Å². The lowest BCUT2D eigenvalue weighted by Gasteiger charge is -2.44. The van der Waals surface area contributed by atoms with Gasteiger partial charge in [0.2, 0.25) is 0 Å². The SMILES string of the molecule is CCCCCC[C@H](c1ccc(C(F)(F)F)nc1)N1CC[C@@H](CC(=O)O)C[C@H]1c1ccc(C(F)(F)F)cc1. The highest BCUT2D eigenvalue weighted by atomic mass is 19.4. The molecule has 10 heteroatoms. The number of carboxylic acid groups (broad SMARTS) is 1. The molecule has 2 aromatic rings. The minimum Gasteiger partial charge on any atom is -0.481 e. The van der Waals surface area contributed by atoms with Crippen molar-refractivity contribution in [2.24, 2.45) is 5.92 Å². The van der Waals surface area contributed by atoms with E-state index >= 15 is 0 Å². The van der Waals surface area contributed by atoms with Crippen molar-refractivity contribution >= 4 is 5.97 Å². The Kier molecular flexibility index (Phi) is 9.61. The number of rotatable bonds is 10. The van der Waals surface area contributed by atoms with Crippen molar-refractivity contribution in [3.8, 4) is 0 Å². The van der Waals surface area contributed by atoms with Crippen molar-refractivity contribution in [2.45, 2.75) is 82.7 Å². The van der Waals surface area contributed by atoms with E-state index in [0.717, 1.165) is 43.9 Å². The molecule has 0 bridgehead atoms. The van der Waals surface area contributed by atoms with Gasteiger partial charge in [-0.25, -0.2) is 0 Å². The lowest BCUT2D eigenvalue weighted by atomic mass is 9.83. The third-order valence-electron chi connectivity index (χ3n) is 7.03. The third kappa shape index (κ3) is 7.93. The molecular formula is C27H32F6N2O2. The molecule has 0 amide bonds. The molecule has 0 saturated carbocycles. The molecular weight excluding hydrogens is 498 g/mol. The summed E-state index contributed by atoms with van der Waals surface area (Å²) >= 11 is 0. The summed E-state index contributed by atoms with van der Waals surface area (Å²) in [5.74, 6) is -1.10. The fourth-order valence-corrected chi connectivity index (χ4v) is 5.14. The second-order valence-electron chi connectivity index (χ2n) is 9.70. The van der Waals surface area contributed by atoms with Crippen LogP contribution in [0.15, 0.2) is 42.6 Å². The lowest BCUT2D eigenvalue weighted by Crippen LogP contribution is -2.40. The Morgan fingerprint density at radius 2 is 1.73 bits per heavy atom. The van der Waals surface area contributed by atoms with Crippen LogP contribution in [0.3, 0.4) is 0 Å². The molecule has 37 heavy (non-hydrogen) atoms. The molecule has 3 rings (SSSR count). The number of aliphatic carboxylic acids is 1. The molecule has 0 unspecified atom stereocenters. The van der Waals surface area contributed by atoms with Crippen molar-refractivity contribution in [1.29, 1.82) is 0 Å². The number of aromatic nitrogens is 1. The Bertz CT molecular complexity index is 1010. The Morgan fingerprint density at radius 3 is 2.27 bits per heavy atom. The first-order chi connectivity index (χ1) is 17.4. The highest BCUT2D eigenvalue weighted by Crippen LogP contribution is 2.43. The third-order valence-corrected chi connectivity index (χ3v) is 7.03. The van der Waals surface area contributed by atoms with Crippen LogP contribution in [0.1, 0.15) is 92.8 Å². The summed E-state index contributed by atoms with van der Waals surface area (Å²) in [6.07, 6.45) is -2.40. The summed E-state index contributed by atoms with van der Waals surface area (Å²) < 4.78 is 78.8. The molecule has 1 saturated heterocycles. The van der Waals surface area contributed by atoms with Gasteiger partial charge in [0.05, 0.1) is 5.56 Å². The first kappa shape index (κ1) is 28.9. The van der Waals surface area contributed by atoms with E-state index in [9.17, 15) is 36.2 Å². The lowest BCUT2D eigenvalue weighted by molar-refractivity contribution is -0.141. The molecule has 1 aromatic carbocycles. The van der Waals surface area contributed by atoms with Crippen molar-refractivity contribution in [3.05, 3.63) is 65.0 Å². The Morgan fingerprint density at radius 1 is 1.03 bits per heavy atom. The summed E-state index contributed by atoms with van der Waals surface area (Å²) in [6.45, 7) is 2.55. The summed E-state index contributed by atoms with van der Waals surface area (Å²) in [7, 11) is 0. The molecule has 1 aliphatic heterocycles. The Balaban J connectivity index is 1.96. The Labute approximate surface area is 212 Å². The summed E-state index contributed by atoms with van der Waals surface area (Å²) in [4.78, 5) is 17.1. The summed E-state index contributed by atoms with van der Waals surface area (Å²) in [6, 6.07) is 6.58. The van der Waals surface area contributed by atoms with Gasteiger partial charge in [-0.05, 0) is 61.1 Å². The van der Waals surface area contributed by atoms with Crippen LogP contribution in [-0.2, 0) is 17.1 Å². The number of piperidine rings is 1. The highest BCUT2D eigenvalue weighted by molar-refractivity contribution is 5.67. The fourth-order valence-electron chi connectivity index (χ4n) is 5.14. The van der Waals surface area contributed by atoms with E-state index in [-0.39, 0.29) is 24.4 Å². The van der Waals surface area contributed by atoms with E-state index in [0.29, 0.717) is 36.9 Å². The summed E-state index contributed by atoms with van der Waals surface area (Å²) in [5.41, 5.74) is -0.524. The molecule has 204 valence electrons. The van der Waals surface area contributed by atoms with Crippen molar-refractivity contribution < 1.29 is 36.2 Å². The Hall–Kier alpha value is -2.62. The quantitative estimate of drug-likeness (QED) is 0.249. The molecule has 3 atom stereocenters. The zero-order valence-electron chi connectivity index (χ0n) is 20.7. The number of likely N-dealkylation sites (tertiary alicyclic amines) is 1. The van der Waals surface area contributed by atoms with Crippen LogP contribution in [0.2, 0.25) is 0 Å². The minimum absolute atomic E-state index is 0.0476. The molecule has 2 heterocycles. The van der Waals surface area contributed by atoms with Gasteiger partial charge in [0, 0.05) is 24.7 Å². The van der Waals surface area contributed by atoms with Crippen molar-refractivity contribution in [2.75, 3.05) is 6.54 Å². The van der Waals surface area contributed by atoms with Gasteiger partial charge in [0.25, 0.3) is 0 Å². The minimum atomic E-state index is -4.56. The summed E-state index contributed by atoms with van der Waals surface area (Å²) in [5, 5.41) is 9.32. The average molecular weight is 531 g/mol. The number of hydrogen-bond acceptors (Lipinski definition) is 3. The van der Waals surface area contributed by atoms with Gasteiger partial charge in [0.1, 0.15) is 5.69 Å². The van der Waals surface area contributed by atoms with Gasteiger partial charge >= 0.3 is 18.3 Å². The van der Waals surface area contributed by atoms with E-state index in [1.807, 2.05) is 0 Å². The molecule has 1 aromatic heterocycles. The largest absolute Gasteiger partial charge is 0.481 e. The molecule has 1 N–H and O–H groups in total. The molecule has 0 radical (unpaired) electrons. The second-order valence-corrected chi connectivity index (χ2v) is 9.70. The topological polar surface area (TPSA) is 53.4 Å². The second kappa shape index (κ2) is 12.3. The van der Waals surface area contributed by atoms with E-state index in [1.165, 1.54) is 24.4 Å². The van der Waals surface area contributed by atoms with Crippen LogP contribution in [0.4, 0.5) is 26.3 Å². The molecule has 0 aliphatic carbocycles. The smallest absolute Gasteiger partial charge is 0.433 e. The van der Waals surface area contributed by atoms with E-state index in [1.54, 1.807) is 0 Å². The van der Waals surface area contributed by atoms with Gasteiger partial charge in [-0.15, -0.1) is 0 Å². The van der Waals surface area contributed by atoms with Crippen LogP contribution in [0.5, 0.6) is 0 Å². The number of pyridine rings is 1. The average Bonchev–Trinajstić information content (AvgIpc) is 2.83. The zero-order chi connectivity index (χ0) is 27.2. The maximum atomic E-state index is 13.1. The molecule has 1 fully saturated rings. The number of halogens is 6. The maximum Gasteiger partial charge on any atom is 0.433 e. The number of hydrogen-bond donors (Lipinski definition) is 1. The van der Waals surface area contributed by atoms with Crippen molar-refractivity contribution in [3.63, 3.8) is 0 Å². The number of carbonyl (C=O) groups is 1. The molecule has 0 spiro atoms. The first-order valence-corrected chi connectivity index (χ1v) is 12.6. The number of benzene rings is 1. The van der Waals surface area contributed by atoms with E-state index in [2.05, 4.69) is 16.8 Å². The number of unbranched alkanes of at least 4 members (excludes halogenated alkanes) is 3. The number of nitrogens with zero attached hydrogens (tertiary/aromatic N) is 2. The van der Waals surface area contributed by atoms with Crippen molar-refractivity contribution in [1.82, 2.24) is 9.88 Å². The maximum absolute atomic E-state index is 13.1. The predicted octanol–water partition coefficient (Wildman–Crippen LogP) is 8.06. The van der Waals surface area contributed by atoms with Crippen LogP contribution < -0.4 is 0 Å². The number of alkyl halides is 6. The molecule has 4 nitrogen and oxygen atoms in total. The molecule has 1 aliphatic rings. The van der Waals surface area contributed by atoms with Crippen LogP contribution in [0, 0.1) is 5.92 Å². The van der Waals surface area contributed by atoms with Gasteiger partial charge in [-0.2, -0.15) is 26.3 Å². The zero-order valence-corrected chi connectivity index (χ0v) is 20.7. The van der Waals surface area contributed by atoms with Gasteiger partial charge < -0.3 is 5.11 Å². The van der Waals surface area contributed by atoms with Gasteiger partial charge in [0.15, 0.2) is 0 Å². The van der Waals surface area contributed by atoms with E-state index < -0.39 is 29.6 Å². The monoisotopic (exact) mass is 530 g/mol. The predicted molar refractivity (Wildman–Crippen MR) is 127 cm³/mol. The van der Waals surface area contributed by atoms with Crippen LogP contribution in [0.25, 0.3) is 0 Å². The number of carboxylic acids is 1. The van der Waals surface area contributed by atoms with Gasteiger partial charge in [-0.1, -0.05) is 50.8 Å². The normalized spacial score (nSPS) is 20.1. The fraction of sp³-hybridized carbons (Fsp3) is 0.556. The first-order valence-electron chi connectivity index (χ1n) is 12.6. The van der Waals surface area contributed by atoms with Gasteiger partial charge in [-0.3, -0.25) is 14.7 Å². The standard InChI is InChI=1S/C27H32F6N2O2/c1-2-3-4-5-6-22(20-9-12-24(34-17-20)27(31,32)33)35-14-13-18(16-25(36)37)15-23(35)19-7-10-21(11-8-19)26(28,29)30/h7-12,17-18,22-23H,2-6,13-16H2,1H3,(H,36,37)/t18-,22-,23+/m1/s1.